The van der Waals surface area contributed by atoms with Crippen molar-refractivity contribution in [3.63, 3.8) is 0 Å². The highest BCUT2D eigenvalue weighted by molar-refractivity contribution is 5.92. The molecule has 2 atom stereocenters. The molecule has 2 rings (SSSR count). The molecule has 7 nitrogen and oxygen atoms in total. The summed E-state index contributed by atoms with van der Waals surface area (Å²) in [6.45, 7) is 6.14. The molecule has 33 heavy (non-hydrogen) atoms. The molecule has 0 fully saturated rings. The van der Waals surface area contributed by atoms with E-state index in [1.165, 1.54) is 0 Å². The second-order valence-corrected chi connectivity index (χ2v) is 8.24. The number of hydrogen-bond donors (Lipinski definition) is 2. The van der Waals surface area contributed by atoms with Crippen molar-refractivity contribution in [2.45, 2.75) is 52.3 Å². The highest BCUT2D eigenvalue weighted by Crippen LogP contribution is 2.09. The second kappa shape index (κ2) is 14.1. The second-order valence-electron chi connectivity index (χ2n) is 8.24. The van der Waals surface area contributed by atoms with Crippen LogP contribution in [-0.2, 0) is 32.1 Å². The van der Waals surface area contributed by atoms with Crippen LogP contribution in [0.15, 0.2) is 60.7 Å². The minimum Gasteiger partial charge on any atom is -0.445 e. The van der Waals surface area contributed by atoms with E-state index in [1.54, 1.807) is 0 Å². The van der Waals surface area contributed by atoms with Crippen LogP contribution in [0.5, 0.6) is 0 Å². The number of carbonyl (C=O) groups excluding carboxylic acids is 3. The first kappa shape index (κ1) is 26.1. The van der Waals surface area contributed by atoms with E-state index in [-0.39, 0.29) is 24.9 Å². The monoisotopic (exact) mass is 454 g/mol. The quantitative estimate of drug-likeness (QED) is 0.482. The van der Waals surface area contributed by atoms with Crippen molar-refractivity contribution in [2.24, 2.45) is 5.92 Å². The number of carbonyl (C=O) groups is 3. The maximum atomic E-state index is 13.1. The molecule has 0 unspecified atom stereocenters. The molecule has 2 amide bonds. The first-order chi connectivity index (χ1) is 15.9. The van der Waals surface area contributed by atoms with Crippen molar-refractivity contribution >= 4 is 17.8 Å². The number of alkyl carbamates (subject to hydrolysis) is 1. The van der Waals surface area contributed by atoms with Gasteiger partial charge in [-0.1, -0.05) is 74.5 Å². The smallest absolute Gasteiger partial charge is 0.408 e. The number of amides is 2. The van der Waals surface area contributed by atoms with Gasteiger partial charge in [-0.15, -0.1) is 0 Å². The largest absolute Gasteiger partial charge is 0.445 e. The topological polar surface area (TPSA) is 93.7 Å². The molecule has 0 aliphatic rings. The van der Waals surface area contributed by atoms with Gasteiger partial charge in [-0.25, -0.2) is 4.79 Å². The third kappa shape index (κ3) is 9.87. The van der Waals surface area contributed by atoms with Gasteiger partial charge in [0, 0.05) is 6.61 Å². The van der Waals surface area contributed by atoms with Gasteiger partial charge >= 0.3 is 6.09 Å². The van der Waals surface area contributed by atoms with Crippen molar-refractivity contribution in [3.8, 4) is 0 Å². The minimum atomic E-state index is -0.827. The van der Waals surface area contributed by atoms with Crippen LogP contribution in [0.1, 0.15) is 38.3 Å². The Labute approximate surface area is 195 Å². The Bertz CT molecular complexity index is 871. The maximum absolute atomic E-state index is 13.1. The van der Waals surface area contributed by atoms with Crippen LogP contribution in [0.4, 0.5) is 4.79 Å². The van der Waals surface area contributed by atoms with Gasteiger partial charge in [0.2, 0.25) is 5.91 Å². The maximum Gasteiger partial charge on any atom is 0.408 e. The lowest BCUT2D eigenvalue weighted by Gasteiger charge is -2.24. The summed E-state index contributed by atoms with van der Waals surface area (Å²) in [4.78, 5) is 38.2. The summed E-state index contributed by atoms with van der Waals surface area (Å²) in [5, 5.41) is 5.47. The summed E-state index contributed by atoms with van der Waals surface area (Å²) < 4.78 is 10.5. The molecule has 178 valence electrons. The van der Waals surface area contributed by atoms with E-state index in [1.807, 2.05) is 81.4 Å². The van der Waals surface area contributed by atoms with Crippen LogP contribution >= 0.6 is 0 Å². The van der Waals surface area contributed by atoms with Gasteiger partial charge in [0.1, 0.15) is 19.3 Å². The fraction of sp³-hybridized carbons (Fsp3) is 0.423. The third-order valence-corrected chi connectivity index (χ3v) is 4.96. The Kier molecular flexibility index (Phi) is 11.1. The summed E-state index contributed by atoms with van der Waals surface area (Å²) in [5.74, 6) is -0.503. The van der Waals surface area contributed by atoms with Crippen molar-refractivity contribution < 1.29 is 23.9 Å². The molecule has 0 saturated heterocycles. The van der Waals surface area contributed by atoms with Gasteiger partial charge in [-0.3, -0.25) is 9.59 Å². The molecule has 0 heterocycles. The van der Waals surface area contributed by atoms with Crippen LogP contribution in [-0.4, -0.2) is 43.1 Å². The Morgan fingerprint density at radius 1 is 0.848 bits per heavy atom. The zero-order valence-corrected chi connectivity index (χ0v) is 19.6. The van der Waals surface area contributed by atoms with Crippen molar-refractivity contribution in [1.29, 1.82) is 0 Å². The predicted octanol–water partition coefficient (Wildman–Crippen LogP) is 3.66. The molecule has 0 aliphatic carbocycles. The zero-order chi connectivity index (χ0) is 24.1. The lowest BCUT2D eigenvalue weighted by Crippen LogP contribution is -2.53. The molecule has 7 heteroatoms. The summed E-state index contributed by atoms with van der Waals surface area (Å²) in [7, 11) is 0. The molecule has 0 aromatic heterocycles. The van der Waals surface area contributed by atoms with Gasteiger partial charge < -0.3 is 20.1 Å². The molecule has 2 N–H and O–H groups in total. The van der Waals surface area contributed by atoms with E-state index in [0.29, 0.717) is 19.4 Å². The first-order valence-electron chi connectivity index (χ1n) is 11.3. The van der Waals surface area contributed by atoms with Crippen LogP contribution in [0.25, 0.3) is 0 Å². The van der Waals surface area contributed by atoms with Crippen LogP contribution in [0.3, 0.4) is 0 Å². The summed E-state index contributed by atoms with van der Waals surface area (Å²) in [5.41, 5.74) is 1.77. The minimum absolute atomic E-state index is 0.0876. The Balaban J connectivity index is 2.04. The van der Waals surface area contributed by atoms with Gasteiger partial charge in [-0.2, -0.15) is 0 Å². The lowest BCUT2D eigenvalue weighted by molar-refractivity contribution is -0.131. The Morgan fingerprint density at radius 3 is 2.03 bits per heavy atom. The summed E-state index contributed by atoms with van der Waals surface area (Å²) in [6, 6.07) is 17.2. The van der Waals surface area contributed by atoms with E-state index in [0.717, 1.165) is 11.1 Å². The van der Waals surface area contributed by atoms with Crippen molar-refractivity contribution in [2.75, 3.05) is 13.2 Å². The molecule has 0 aliphatic heterocycles. The summed E-state index contributed by atoms with van der Waals surface area (Å²) >= 11 is 0. The standard InChI is InChI=1S/C26H34N2O5/c1-4-32-18-24(29)22(16-20-11-7-5-8-12-20)27-25(30)23(15-19(2)3)28-26(31)33-17-21-13-9-6-10-14-21/h5-14,19,22-23H,4,15-18H2,1-3H3,(H,27,30)(H,28,31)/t22-,23-/m0/s1. The van der Waals surface area contributed by atoms with Gasteiger partial charge in [0.15, 0.2) is 5.78 Å². The van der Waals surface area contributed by atoms with Crippen molar-refractivity contribution in [3.05, 3.63) is 71.8 Å². The molecule has 0 bridgehead atoms. The van der Waals surface area contributed by atoms with Gasteiger partial charge in [0.25, 0.3) is 0 Å². The molecule has 0 saturated carbocycles. The molecular weight excluding hydrogens is 420 g/mol. The van der Waals surface area contributed by atoms with Gasteiger partial charge in [0.05, 0.1) is 6.04 Å². The van der Waals surface area contributed by atoms with Crippen molar-refractivity contribution in [1.82, 2.24) is 10.6 Å². The number of nitrogens with one attached hydrogen (secondary N) is 2. The SMILES string of the molecule is CCOCC(=O)[C@H](Cc1ccccc1)NC(=O)[C@H](CC(C)C)NC(=O)OCc1ccccc1. The number of benzene rings is 2. The van der Waals surface area contributed by atoms with E-state index in [9.17, 15) is 14.4 Å². The highest BCUT2D eigenvalue weighted by atomic mass is 16.5. The Hall–Kier alpha value is -3.19. The lowest BCUT2D eigenvalue weighted by atomic mass is 10.00. The number of hydrogen-bond acceptors (Lipinski definition) is 5. The van der Waals surface area contributed by atoms with Crippen LogP contribution in [0, 0.1) is 5.92 Å². The van der Waals surface area contributed by atoms with Gasteiger partial charge in [-0.05, 0) is 36.8 Å². The molecular formula is C26H34N2O5. The number of Topliss-reactive ketones (excluding diaryl/α,β-unsaturated/α-hetero) is 1. The normalized spacial score (nSPS) is 12.6. The molecule has 2 aromatic rings. The van der Waals surface area contributed by atoms with Crippen LogP contribution < -0.4 is 10.6 Å². The molecule has 0 spiro atoms. The average Bonchev–Trinajstić information content (AvgIpc) is 2.81. The van der Waals surface area contributed by atoms with E-state index < -0.39 is 24.1 Å². The molecule has 0 radical (unpaired) electrons. The first-order valence-corrected chi connectivity index (χ1v) is 11.3. The number of rotatable bonds is 13. The summed E-state index contributed by atoms with van der Waals surface area (Å²) in [6.07, 6.45) is 0.0647. The average molecular weight is 455 g/mol. The number of ether oxygens (including phenoxy) is 2. The fourth-order valence-corrected chi connectivity index (χ4v) is 3.28. The Morgan fingerprint density at radius 2 is 1.45 bits per heavy atom. The highest BCUT2D eigenvalue weighted by Gasteiger charge is 2.28. The predicted molar refractivity (Wildman–Crippen MR) is 127 cm³/mol. The number of ketones is 1. The van der Waals surface area contributed by atoms with E-state index in [2.05, 4.69) is 10.6 Å². The fourth-order valence-electron chi connectivity index (χ4n) is 3.28. The molecule has 2 aromatic carbocycles. The van der Waals surface area contributed by atoms with E-state index >= 15 is 0 Å². The third-order valence-electron chi connectivity index (χ3n) is 4.96. The zero-order valence-electron chi connectivity index (χ0n) is 19.6. The van der Waals surface area contributed by atoms with Crippen LogP contribution in [0.2, 0.25) is 0 Å². The van der Waals surface area contributed by atoms with E-state index in [4.69, 9.17) is 9.47 Å².